The molecule has 1 aliphatic rings. The molecule has 1 saturated heterocycles. The van der Waals surface area contributed by atoms with E-state index in [1.807, 2.05) is 29.2 Å². The normalized spacial score (nSPS) is 13.3. The van der Waals surface area contributed by atoms with Crippen molar-refractivity contribution >= 4 is 29.3 Å². The maximum absolute atomic E-state index is 12.8. The van der Waals surface area contributed by atoms with Gasteiger partial charge in [-0.1, -0.05) is 24.3 Å². The molecule has 0 aromatic heterocycles. The van der Waals surface area contributed by atoms with Crippen LogP contribution in [0.25, 0.3) is 0 Å². The Labute approximate surface area is 183 Å². The number of carbonyl (C=O) groups excluding carboxylic acids is 2. The Morgan fingerprint density at radius 1 is 1.10 bits per heavy atom. The first kappa shape index (κ1) is 22.2. The van der Waals surface area contributed by atoms with Crippen LogP contribution >= 0.6 is 11.8 Å². The Bertz CT molecular complexity index is 865. The van der Waals surface area contributed by atoms with Gasteiger partial charge >= 0.3 is 0 Å². The van der Waals surface area contributed by atoms with Gasteiger partial charge in [0.25, 0.3) is 5.91 Å². The lowest BCUT2D eigenvalue weighted by Crippen LogP contribution is -2.35. The molecule has 2 aromatic rings. The molecule has 1 fully saturated rings. The van der Waals surface area contributed by atoms with E-state index in [4.69, 9.17) is 0 Å². The minimum Gasteiger partial charge on any atom is -0.370 e. The third-order valence-corrected chi connectivity index (χ3v) is 6.42. The zero-order valence-corrected chi connectivity index (χ0v) is 18.7. The number of likely N-dealkylation sites (N-methyl/N-ethyl adjacent to an activating group) is 1. The van der Waals surface area contributed by atoms with Crippen molar-refractivity contribution in [1.82, 2.24) is 10.2 Å². The Hall–Kier alpha value is -2.47. The number of amides is 2. The van der Waals surface area contributed by atoms with Crippen LogP contribution < -0.4 is 10.2 Å². The standard InChI is InChI=1S/C24H31N3O2S/c1-3-26(20-10-8-9-19(2)17-20)16-13-25-24(29)21-11-4-5-12-22(21)30-18-23(28)27-14-6-7-15-27/h4-5,8-12,17H,3,6-7,13-16,18H2,1-2H3,(H,25,29). The van der Waals surface area contributed by atoms with Crippen molar-refractivity contribution in [2.75, 3.05) is 43.4 Å². The highest BCUT2D eigenvalue weighted by atomic mass is 32.2. The summed E-state index contributed by atoms with van der Waals surface area (Å²) in [5.74, 6) is 0.442. The Morgan fingerprint density at radius 3 is 2.60 bits per heavy atom. The third-order valence-electron chi connectivity index (χ3n) is 5.36. The lowest BCUT2D eigenvalue weighted by atomic mass is 10.2. The van der Waals surface area contributed by atoms with Crippen LogP contribution in [0.2, 0.25) is 0 Å². The maximum Gasteiger partial charge on any atom is 0.252 e. The van der Waals surface area contributed by atoms with Gasteiger partial charge in [0, 0.05) is 43.3 Å². The van der Waals surface area contributed by atoms with E-state index in [1.54, 1.807) is 0 Å². The number of anilines is 1. The second-order valence-electron chi connectivity index (χ2n) is 7.55. The van der Waals surface area contributed by atoms with Gasteiger partial charge < -0.3 is 15.1 Å². The first-order valence-electron chi connectivity index (χ1n) is 10.7. The van der Waals surface area contributed by atoms with Gasteiger partial charge in [-0.05, 0) is 56.5 Å². The molecule has 2 amide bonds. The van der Waals surface area contributed by atoms with Gasteiger partial charge in [-0.3, -0.25) is 9.59 Å². The molecule has 0 atom stereocenters. The maximum atomic E-state index is 12.8. The monoisotopic (exact) mass is 425 g/mol. The topological polar surface area (TPSA) is 52.7 Å². The summed E-state index contributed by atoms with van der Waals surface area (Å²) in [6.45, 7) is 8.10. The Morgan fingerprint density at radius 2 is 1.87 bits per heavy atom. The number of hydrogen-bond acceptors (Lipinski definition) is 4. The van der Waals surface area contributed by atoms with E-state index in [0.29, 0.717) is 17.9 Å². The van der Waals surface area contributed by atoms with Crippen molar-refractivity contribution in [2.45, 2.75) is 31.6 Å². The number of thioether (sulfide) groups is 1. The molecule has 5 nitrogen and oxygen atoms in total. The summed E-state index contributed by atoms with van der Waals surface area (Å²) < 4.78 is 0. The number of nitrogens with one attached hydrogen (secondary N) is 1. The molecule has 1 N–H and O–H groups in total. The van der Waals surface area contributed by atoms with Crippen LogP contribution in [0.3, 0.4) is 0 Å². The molecule has 6 heteroatoms. The highest BCUT2D eigenvalue weighted by molar-refractivity contribution is 8.00. The molecule has 0 unspecified atom stereocenters. The molecule has 1 aliphatic heterocycles. The van der Waals surface area contributed by atoms with Gasteiger partial charge in [-0.25, -0.2) is 0 Å². The van der Waals surface area contributed by atoms with Gasteiger partial charge in [0.05, 0.1) is 11.3 Å². The highest BCUT2D eigenvalue weighted by Gasteiger charge is 2.19. The van der Waals surface area contributed by atoms with Gasteiger partial charge in [0.1, 0.15) is 0 Å². The van der Waals surface area contributed by atoms with E-state index in [2.05, 4.69) is 48.3 Å². The summed E-state index contributed by atoms with van der Waals surface area (Å²) in [4.78, 5) is 30.2. The second-order valence-corrected chi connectivity index (χ2v) is 8.56. The highest BCUT2D eigenvalue weighted by Crippen LogP contribution is 2.24. The van der Waals surface area contributed by atoms with Crippen molar-refractivity contribution in [2.24, 2.45) is 0 Å². The number of aryl methyl sites for hydroxylation is 1. The molecule has 2 aromatic carbocycles. The summed E-state index contributed by atoms with van der Waals surface area (Å²) >= 11 is 1.45. The Kier molecular flexibility index (Phi) is 8.20. The van der Waals surface area contributed by atoms with Crippen LogP contribution in [0, 0.1) is 6.92 Å². The minimum atomic E-state index is -0.0907. The number of nitrogens with zero attached hydrogens (tertiary/aromatic N) is 2. The van der Waals surface area contributed by atoms with Crippen molar-refractivity contribution < 1.29 is 9.59 Å². The zero-order valence-electron chi connectivity index (χ0n) is 17.9. The predicted octanol–water partition coefficient (Wildman–Crippen LogP) is 3.97. The third kappa shape index (κ3) is 6.02. The molecule has 1 heterocycles. The van der Waals surface area contributed by atoms with E-state index >= 15 is 0 Å². The van der Waals surface area contributed by atoms with Crippen molar-refractivity contribution in [3.05, 3.63) is 59.7 Å². The van der Waals surface area contributed by atoms with Crippen LogP contribution in [-0.2, 0) is 4.79 Å². The van der Waals surface area contributed by atoms with Crippen LogP contribution in [0.5, 0.6) is 0 Å². The average Bonchev–Trinajstić information content (AvgIpc) is 3.30. The number of rotatable bonds is 9. The fourth-order valence-electron chi connectivity index (χ4n) is 3.67. The number of benzene rings is 2. The SMILES string of the molecule is CCN(CCNC(=O)c1ccccc1SCC(=O)N1CCCC1)c1cccc(C)c1. The van der Waals surface area contributed by atoms with Gasteiger partial charge in [0.2, 0.25) is 5.91 Å². The van der Waals surface area contributed by atoms with Crippen molar-refractivity contribution in [1.29, 1.82) is 0 Å². The van der Waals surface area contributed by atoms with E-state index in [-0.39, 0.29) is 11.8 Å². The van der Waals surface area contributed by atoms with Crippen LogP contribution in [0.1, 0.15) is 35.7 Å². The number of likely N-dealkylation sites (tertiary alicyclic amines) is 1. The zero-order chi connectivity index (χ0) is 21.3. The Balaban J connectivity index is 1.54. The van der Waals surface area contributed by atoms with Crippen LogP contribution in [0.15, 0.2) is 53.4 Å². The van der Waals surface area contributed by atoms with Crippen LogP contribution in [-0.4, -0.2) is 55.2 Å². The van der Waals surface area contributed by atoms with Gasteiger partial charge in [0.15, 0.2) is 0 Å². The van der Waals surface area contributed by atoms with Gasteiger partial charge in [-0.15, -0.1) is 11.8 Å². The fourth-order valence-corrected chi connectivity index (χ4v) is 4.62. The van der Waals surface area contributed by atoms with Crippen molar-refractivity contribution in [3.8, 4) is 0 Å². The summed E-state index contributed by atoms with van der Waals surface area (Å²) in [5, 5.41) is 3.04. The molecular formula is C24H31N3O2S. The molecular weight excluding hydrogens is 394 g/mol. The quantitative estimate of drug-likeness (QED) is 0.618. The predicted molar refractivity (Wildman–Crippen MR) is 124 cm³/mol. The first-order valence-corrected chi connectivity index (χ1v) is 11.7. The fraction of sp³-hybridized carbons (Fsp3) is 0.417. The lowest BCUT2D eigenvalue weighted by molar-refractivity contribution is -0.127. The summed E-state index contributed by atoms with van der Waals surface area (Å²) in [7, 11) is 0. The molecule has 30 heavy (non-hydrogen) atoms. The van der Waals surface area contributed by atoms with E-state index in [0.717, 1.165) is 43.9 Å². The van der Waals surface area contributed by atoms with Crippen molar-refractivity contribution in [3.63, 3.8) is 0 Å². The second kappa shape index (κ2) is 11.1. The molecule has 3 rings (SSSR count). The average molecular weight is 426 g/mol. The number of hydrogen-bond donors (Lipinski definition) is 1. The van der Waals surface area contributed by atoms with Gasteiger partial charge in [-0.2, -0.15) is 0 Å². The summed E-state index contributed by atoms with van der Waals surface area (Å²) in [5.41, 5.74) is 3.03. The lowest BCUT2D eigenvalue weighted by Gasteiger charge is -2.23. The van der Waals surface area contributed by atoms with E-state index < -0.39 is 0 Å². The molecule has 160 valence electrons. The van der Waals surface area contributed by atoms with E-state index in [9.17, 15) is 9.59 Å². The molecule has 0 bridgehead atoms. The summed E-state index contributed by atoms with van der Waals surface area (Å²) in [6.07, 6.45) is 2.18. The molecule has 0 aliphatic carbocycles. The largest absolute Gasteiger partial charge is 0.370 e. The number of carbonyl (C=O) groups is 2. The molecule has 0 radical (unpaired) electrons. The minimum absolute atomic E-state index is 0.0907. The van der Waals surface area contributed by atoms with Crippen LogP contribution in [0.4, 0.5) is 5.69 Å². The first-order chi connectivity index (χ1) is 14.6. The smallest absolute Gasteiger partial charge is 0.252 e. The summed E-state index contributed by atoms with van der Waals surface area (Å²) in [6, 6.07) is 15.9. The molecule has 0 spiro atoms. The van der Waals surface area contributed by atoms with E-state index in [1.165, 1.54) is 23.0 Å². The molecule has 0 saturated carbocycles.